The maximum absolute atomic E-state index is 14.7. The first kappa shape index (κ1) is 20.3. The van der Waals surface area contributed by atoms with E-state index in [0.717, 1.165) is 41.1 Å². The molecule has 156 valence electrons. The molecule has 3 unspecified atom stereocenters. The Labute approximate surface area is 175 Å². The summed E-state index contributed by atoms with van der Waals surface area (Å²) < 4.78 is 28.2. The van der Waals surface area contributed by atoms with Gasteiger partial charge in [-0.2, -0.15) is 0 Å². The fraction of sp³-hybridized carbons (Fsp3) is 0.333. The van der Waals surface area contributed by atoms with Gasteiger partial charge in [-0.3, -0.25) is 4.79 Å². The van der Waals surface area contributed by atoms with Gasteiger partial charge in [-0.15, -0.1) is 0 Å². The van der Waals surface area contributed by atoms with Crippen molar-refractivity contribution in [2.75, 3.05) is 11.4 Å². The zero-order valence-corrected chi connectivity index (χ0v) is 17.3. The fourth-order valence-electron chi connectivity index (χ4n) is 4.27. The number of carbonyl (C=O) groups excluding carboxylic acids is 1. The van der Waals surface area contributed by atoms with E-state index in [4.69, 9.17) is 0 Å². The van der Waals surface area contributed by atoms with E-state index in [9.17, 15) is 13.6 Å². The molecule has 1 N–H and O–H groups in total. The molecule has 3 heterocycles. The van der Waals surface area contributed by atoms with E-state index in [1.54, 1.807) is 11.8 Å². The molecule has 0 saturated carbocycles. The second-order valence-corrected chi connectivity index (χ2v) is 8.02. The van der Waals surface area contributed by atoms with Crippen LogP contribution < -0.4 is 10.2 Å². The number of para-hydroxylation sites is 1. The molecular weight excluding hydrogens is 384 g/mol. The number of anilines is 2. The van der Waals surface area contributed by atoms with E-state index < -0.39 is 11.6 Å². The molecule has 6 heteroatoms. The zero-order chi connectivity index (χ0) is 21.4. The van der Waals surface area contributed by atoms with Gasteiger partial charge in [0.05, 0.1) is 17.9 Å². The van der Waals surface area contributed by atoms with Crippen molar-refractivity contribution < 1.29 is 13.6 Å². The molecule has 4 nitrogen and oxygen atoms in total. The van der Waals surface area contributed by atoms with Gasteiger partial charge in [0.2, 0.25) is 0 Å². The first-order valence-electron chi connectivity index (χ1n) is 10.3. The second kappa shape index (κ2) is 8.01. The molecule has 4 rings (SSSR count). The normalized spacial score (nSPS) is 22.6. The van der Waals surface area contributed by atoms with Crippen molar-refractivity contribution in [2.45, 2.75) is 33.2 Å². The Morgan fingerprint density at radius 2 is 2.13 bits per heavy atom. The molecule has 0 amide bonds. The van der Waals surface area contributed by atoms with Crippen LogP contribution in [0.15, 0.2) is 54.4 Å². The SMILES string of the molecule is CCC(C)/C=C1/c2ccccc2N(c2ncc(F)cc2F)CC2=CNC(C(C)=O)C21. The number of pyridine rings is 1. The van der Waals surface area contributed by atoms with Crippen molar-refractivity contribution in [3.05, 3.63) is 71.6 Å². The molecule has 0 aliphatic carbocycles. The maximum Gasteiger partial charge on any atom is 0.169 e. The molecule has 2 aromatic rings. The number of nitrogens with one attached hydrogen (secondary N) is 1. The average molecular weight is 409 g/mol. The van der Waals surface area contributed by atoms with E-state index in [0.29, 0.717) is 12.5 Å². The van der Waals surface area contributed by atoms with Gasteiger partial charge in [0.15, 0.2) is 17.4 Å². The van der Waals surface area contributed by atoms with E-state index in [-0.39, 0.29) is 23.6 Å². The molecule has 0 fully saturated rings. The Morgan fingerprint density at radius 1 is 1.37 bits per heavy atom. The van der Waals surface area contributed by atoms with E-state index >= 15 is 0 Å². The highest BCUT2D eigenvalue weighted by Gasteiger charge is 2.40. The summed E-state index contributed by atoms with van der Waals surface area (Å²) in [6.07, 6.45) is 6.08. The Hall–Kier alpha value is -3.02. The lowest BCUT2D eigenvalue weighted by atomic mass is 9.81. The molecule has 1 aromatic carbocycles. The van der Waals surface area contributed by atoms with Crippen molar-refractivity contribution in [3.8, 4) is 0 Å². The molecule has 0 bridgehead atoms. The third kappa shape index (κ3) is 3.51. The minimum Gasteiger partial charge on any atom is -0.380 e. The van der Waals surface area contributed by atoms with Gasteiger partial charge in [0, 0.05) is 24.1 Å². The van der Waals surface area contributed by atoms with Gasteiger partial charge in [-0.1, -0.05) is 44.5 Å². The number of fused-ring (bicyclic) bond motifs is 2. The molecule has 0 radical (unpaired) electrons. The summed E-state index contributed by atoms with van der Waals surface area (Å²) in [5.41, 5.74) is 3.77. The highest BCUT2D eigenvalue weighted by atomic mass is 19.1. The summed E-state index contributed by atoms with van der Waals surface area (Å²) in [4.78, 5) is 18.2. The Kier molecular flexibility index (Phi) is 5.41. The molecule has 0 spiro atoms. The van der Waals surface area contributed by atoms with Crippen LogP contribution in [0.4, 0.5) is 20.3 Å². The lowest BCUT2D eigenvalue weighted by Crippen LogP contribution is -2.35. The van der Waals surface area contributed by atoms with Crippen molar-refractivity contribution >= 4 is 22.9 Å². The van der Waals surface area contributed by atoms with E-state index in [1.807, 2.05) is 30.5 Å². The number of Topliss-reactive ketones (excluding diaryl/α,β-unsaturated/α-hetero) is 1. The average Bonchev–Trinajstić information content (AvgIpc) is 3.09. The first-order valence-corrected chi connectivity index (χ1v) is 10.3. The number of aromatic nitrogens is 1. The number of carbonyl (C=O) groups is 1. The van der Waals surface area contributed by atoms with Crippen LogP contribution in [0, 0.1) is 23.5 Å². The van der Waals surface area contributed by atoms with Gasteiger partial charge >= 0.3 is 0 Å². The highest BCUT2D eigenvalue weighted by Crippen LogP contribution is 2.45. The summed E-state index contributed by atoms with van der Waals surface area (Å²) in [5.74, 6) is -1.14. The number of ketones is 1. The molecule has 30 heavy (non-hydrogen) atoms. The number of benzene rings is 1. The zero-order valence-electron chi connectivity index (χ0n) is 17.3. The fourth-order valence-corrected chi connectivity index (χ4v) is 4.27. The van der Waals surface area contributed by atoms with Gasteiger partial charge in [0.25, 0.3) is 0 Å². The molecule has 1 aromatic heterocycles. The summed E-state index contributed by atoms with van der Waals surface area (Å²) in [6.45, 7) is 6.21. The van der Waals surface area contributed by atoms with E-state index in [2.05, 4.69) is 30.2 Å². The standard InChI is InChI=1S/C24H25F2N3O/c1-4-14(2)9-19-18-7-5-6-8-21(18)29(24-20(26)10-17(25)12-28-24)13-16-11-27-23(15(3)30)22(16)19/h5-12,14,22-23,27H,4,13H2,1-3H3/b19-9-. The second-order valence-electron chi connectivity index (χ2n) is 8.02. The van der Waals surface area contributed by atoms with Gasteiger partial charge in [-0.05, 0) is 36.3 Å². The molecule has 2 aliphatic rings. The van der Waals surface area contributed by atoms with Crippen molar-refractivity contribution in [2.24, 2.45) is 11.8 Å². The van der Waals surface area contributed by atoms with E-state index in [1.165, 1.54) is 0 Å². The maximum atomic E-state index is 14.7. The number of allylic oxidation sites excluding steroid dienone is 1. The van der Waals surface area contributed by atoms with Crippen LogP contribution >= 0.6 is 0 Å². The Balaban J connectivity index is 1.94. The lowest BCUT2D eigenvalue weighted by molar-refractivity contribution is -0.119. The summed E-state index contributed by atoms with van der Waals surface area (Å²) >= 11 is 0. The number of halogens is 2. The third-order valence-corrected chi connectivity index (χ3v) is 5.95. The third-order valence-electron chi connectivity index (χ3n) is 5.95. The van der Waals surface area contributed by atoms with Crippen molar-refractivity contribution in [1.82, 2.24) is 10.3 Å². The Bertz CT molecular complexity index is 1050. The minimum atomic E-state index is -0.717. The van der Waals surface area contributed by atoms with Crippen LogP contribution in [0.3, 0.4) is 0 Å². The number of nitrogens with zero attached hydrogens (tertiary/aromatic N) is 2. The molecular formula is C24H25F2N3O. The van der Waals surface area contributed by atoms with Crippen LogP contribution in [0.5, 0.6) is 0 Å². The first-order chi connectivity index (χ1) is 14.4. The topological polar surface area (TPSA) is 45.2 Å². The predicted molar refractivity (Wildman–Crippen MR) is 114 cm³/mol. The molecule has 3 atom stereocenters. The molecule has 0 saturated heterocycles. The van der Waals surface area contributed by atoms with Crippen LogP contribution in [0.25, 0.3) is 5.57 Å². The number of hydrogen-bond donors (Lipinski definition) is 1. The summed E-state index contributed by atoms with van der Waals surface area (Å²) in [5, 5.41) is 3.22. The number of rotatable bonds is 4. The highest BCUT2D eigenvalue weighted by molar-refractivity contribution is 5.91. The number of hydrogen-bond acceptors (Lipinski definition) is 4. The quantitative estimate of drug-likeness (QED) is 0.772. The monoisotopic (exact) mass is 409 g/mol. The van der Waals surface area contributed by atoms with Crippen LogP contribution in [0.1, 0.15) is 32.8 Å². The summed E-state index contributed by atoms with van der Waals surface area (Å²) in [7, 11) is 0. The minimum absolute atomic E-state index is 0.0540. The van der Waals surface area contributed by atoms with Gasteiger partial charge < -0.3 is 10.2 Å². The lowest BCUT2D eigenvalue weighted by Gasteiger charge is -2.24. The molecule has 2 aliphatic heterocycles. The predicted octanol–water partition coefficient (Wildman–Crippen LogP) is 5.00. The van der Waals surface area contributed by atoms with Crippen LogP contribution in [-0.4, -0.2) is 23.4 Å². The smallest absolute Gasteiger partial charge is 0.169 e. The van der Waals surface area contributed by atoms with Crippen molar-refractivity contribution in [1.29, 1.82) is 0 Å². The Morgan fingerprint density at radius 3 is 2.83 bits per heavy atom. The van der Waals surface area contributed by atoms with Gasteiger partial charge in [-0.25, -0.2) is 13.8 Å². The van der Waals surface area contributed by atoms with Crippen LogP contribution in [-0.2, 0) is 4.79 Å². The van der Waals surface area contributed by atoms with Crippen LogP contribution in [0.2, 0.25) is 0 Å². The van der Waals surface area contributed by atoms with Crippen molar-refractivity contribution in [3.63, 3.8) is 0 Å². The summed E-state index contributed by atoms with van der Waals surface area (Å²) in [6, 6.07) is 8.23. The largest absolute Gasteiger partial charge is 0.380 e. The van der Waals surface area contributed by atoms with Gasteiger partial charge in [0.1, 0.15) is 5.82 Å².